The van der Waals surface area contributed by atoms with Gasteiger partial charge in [0.25, 0.3) is 0 Å². The lowest BCUT2D eigenvalue weighted by Gasteiger charge is -2.15. The van der Waals surface area contributed by atoms with Crippen LogP contribution >= 0.6 is 0 Å². The summed E-state index contributed by atoms with van der Waals surface area (Å²) in [6.07, 6.45) is 4.81. The van der Waals surface area contributed by atoms with Crippen molar-refractivity contribution < 1.29 is 14.3 Å². The molecule has 0 aliphatic heterocycles. The van der Waals surface area contributed by atoms with Gasteiger partial charge in [0.05, 0.1) is 12.7 Å². The van der Waals surface area contributed by atoms with Gasteiger partial charge in [0, 0.05) is 16.9 Å². The van der Waals surface area contributed by atoms with E-state index < -0.39 is 5.97 Å². The summed E-state index contributed by atoms with van der Waals surface area (Å²) in [6.45, 7) is 5.88. The molecule has 3 rings (SSSR count). The minimum atomic E-state index is -0.851. The maximum Gasteiger partial charge on any atom is 0.307 e. The van der Waals surface area contributed by atoms with Crippen LogP contribution in [0.1, 0.15) is 23.7 Å². The van der Waals surface area contributed by atoms with Crippen LogP contribution in [0.25, 0.3) is 11.6 Å². The number of aromatic nitrogens is 2. The Kier molecular flexibility index (Phi) is 5.66. The van der Waals surface area contributed by atoms with Crippen LogP contribution in [0.2, 0.25) is 0 Å². The number of anilines is 2. The van der Waals surface area contributed by atoms with E-state index >= 15 is 0 Å². The molecule has 138 valence electrons. The van der Waals surface area contributed by atoms with Gasteiger partial charge in [-0.2, -0.15) is 0 Å². The van der Waals surface area contributed by atoms with Gasteiger partial charge in [0.2, 0.25) is 0 Å². The second-order valence-corrected chi connectivity index (χ2v) is 6.04. The number of aliphatic carboxylic acids is 1. The maximum absolute atomic E-state index is 10.8. The first-order chi connectivity index (χ1) is 13.1. The summed E-state index contributed by atoms with van der Waals surface area (Å²) in [5.74, 6) is 0.971. The van der Waals surface area contributed by atoms with E-state index in [4.69, 9.17) is 9.52 Å². The van der Waals surface area contributed by atoms with Crippen LogP contribution in [0, 0.1) is 0 Å². The number of carboxylic acid groups (broad SMARTS) is 1. The van der Waals surface area contributed by atoms with Crippen LogP contribution < -0.4 is 5.32 Å². The van der Waals surface area contributed by atoms with Crippen molar-refractivity contribution in [3.05, 3.63) is 72.1 Å². The van der Waals surface area contributed by atoms with Crippen LogP contribution in [-0.2, 0) is 24.1 Å². The Bertz CT molecular complexity index is 932. The molecule has 0 aliphatic rings. The zero-order valence-electron chi connectivity index (χ0n) is 15.1. The van der Waals surface area contributed by atoms with E-state index in [1.807, 2.05) is 31.2 Å². The first-order valence-corrected chi connectivity index (χ1v) is 8.73. The predicted molar refractivity (Wildman–Crippen MR) is 104 cm³/mol. The van der Waals surface area contributed by atoms with Gasteiger partial charge < -0.3 is 14.8 Å². The second-order valence-electron chi connectivity index (χ2n) is 6.04. The summed E-state index contributed by atoms with van der Waals surface area (Å²) >= 11 is 0. The van der Waals surface area contributed by atoms with Crippen molar-refractivity contribution in [2.75, 3.05) is 5.32 Å². The molecule has 0 aliphatic carbocycles. The predicted octanol–water partition coefficient (Wildman–Crippen LogP) is 4.40. The van der Waals surface area contributed by atoms with E-state index in [-0.39, 0.29) is 6.42 Å². The third-order valence-electron chi connectivity index (χ3n) is 4.09. The summed E-state index contributed by atoms with van der Waals surface area (Å²) in [5.41, 5.74) is 3.48. The number of carboxylic acids is 1. The molecule has 0 radical (unpaired) electrons. The highest BCUT2D eigenvalue weighted by Gasteiger charge is 2.15. The average molecular weight is 363 g/mol. The van der Waals surface area contributed by atoms with Crippen LogP contribution in [0.15, 0.2) is 59.7 Å². The molecule has 6 nitrogen and oxygen atoms in total. The van der Waals surface area contributed by atoms with Crippen molar-refractivity contribution in [1.82, 2.24) is 9.97 Å². The van der Waals surface area contributed by atoms with Crippen molar-refractivity contribution in [2.45, 2.75) is 26.2 Å². The van der Waals surface area contributed by atoms with Crippen LogP contribution in [0.3, 0.4) is 0 Å². The number of hydrogen-bond acceptors (Lipinski definition) is 5. The average Bonchev–Trinajstić information content (AvgIpc) is 3.19. The van der Waals surface area contributed by atoms with Gasteiger partial charge in [-0.15, -0.1) is 6.58 Å². The largest absolute Gasteiger partial charge is 0.481 e. The molecule has 2 aromatic heterocycles. The molecule has 0 unspecified atom stereocenters. The molecule has 0 spiro atoms. The second kappa shape index (κ2) is 8.31. The molecule has 3 aromatic rings. The maximum atomic E-state index is 10.8. The SMILES string of the molecule is C=CCc1c(CC)nc(-c2ccco2)nc1Nc1ccc(CC(=O)O)cc1. The Morgan fingerprint density at radius 1 is 1.26 bits per heavy atom. The third-order valence-corrected chi connectivity index (χ3v) is 4.09. The van der Waals surface area contributed by atoms with E-state index in [9.17, 15) is 4.79 Å². The first-order valence-electron chi connectivity index (χ1n) is 8.73. The fourth-order valence-electron chi connectivity index (χ4n) is 2.82. The van der Waals surface area contributed by atoms with Crippen molar-refractivity contribution in [2.24, 2.45) is 0 Å². The third kappa shape index (κ3) is 4.41. The molecule has 0 amide bonds. The molecule has 2 heterocycles. The molecule has 1 aromatic carbocycles. The van der Waals surface area contributed by atoms with Crippen molar-refractivity contribution in [1.29, 1.82) is 0 Å². The van der Waals surface area contributed by atoms with Crippen molar-refractivity contribution >= 4 is 17.5 Å². The lowest BCUT2D eigenvalue weighted by Crippen LogP contribution is -2.07. The molecule has 0 bridgehead atoms. The highest BCUT2D eigenvalue weighted by atomic mass is 16.4. The number of benzene rings is 1. The fourth-order valence-corrected chi connectivity index (χ4v) is 2.82. The standard InChI is InChI=1S/C21H21N3O3/c1-3-6-16-17(4-2)23-21(18-7-5-12-27-18)24-20(16)22-15-10-8-14(9-11-15)13-19(25)26/h3,5,7-12H,1,4,6,13H2,2H3,(H,25,26)(H,22,23,24). The highest BCUT2D eigenvalue weighted by Crippen LogP contribution is 2.27. The zero-order chi connectivity index (χ0) is 19.2. The lowest BCUT2D eigenvalue weighted by molar-refractivity contribution is -0.136. The molecule has 27 heavy (non-hydrogen) atoms. The highest BCUT2D eigenvalue weighted by molar-refractivity contribution is 5.71. The van der Waals surface area contributed by atoms with Gasteiger partial charge >= 0.3 is 5.97 Å². The van der Waals surface area contributed by atoms with E-state index in [1.54, 1.807) is 24.5 Å². The molecule has 0 fully saturated rings. The number of hydrogen-bond donors (Lipinski definition) is 2. The first kappa shape index (κ1) is 18.4. The lowest BCUT2D eigenvalue weighted by atomic mass is 10.1. The molecule has 0 atom stereocenters. The summed E-state index contributed by atoms with van der Waals surface area (Å²) in [4.78, 5) is 20.1. The fraction of sp³-hybridized carbons (Fsp3) is 0.190. The van der Waals surface area contributed by atoms with Gasteiger partial charge in [-0.05, 0) is 42.7 Å². The summed E-state index contributed by atoms with van der Waals surface area (Å²) in [6, 6.07) is 10.9. The molecule has 0 saturated carbocycles. The van der Waals surface area contributed by atoms with E-state index in [0.29, 0.717) is 23.8 Å². The molecule has 6 heteroatoms. The van der Waals surface area contributed by atoms with Crippen molar-refractivity contribution in [3.63, 3.8) is 0 Å². The number of carbonyl (C=O) groups is 1. The van der Waals surface area contributed by atoms with Gasteiger partial charge in [-0.3, -0.25) is 4.79 Å². The number of allylic oxidation sites excluding steroid dienone is 1. The molecular weight excluding hydrogens is 342 g/mol. The Morgan fingerprint density at radius 3 is 2.63 bits per heavy atom. The van der Waals surface area contributed by atoms with Crippen LogP contribution in [0.5, 0.6) is 0 Å². The Hall–Kier alpha value is -3.41. The van der Waals surface area contributed by atoms with Gasteiger partial charge in [-0.1, -0.05) is 25.1 Å². The smallest absolute Gasteiger partial charge is 0.307 e. The number of rotatable bonds is 8. The monoisotopic (exact) mass is 363 g/mol. The Balaban J connectivity index is 1.97. The number of nitrogens with zero attached hydrogens (tertiary/aromatic N) is 2. The summed E-state index contributed by atoms with van der Waals surface area (Å²) in [5, 5.41) is 12.2. The zero-order valence-corrected chi connectivity index (χ0v) is 15.1. The van der Waals surface area contributed by atoms with Crippen molar-refractivity contribution in [3.8, 4) is 11.6 Å². The summed E-state index contributed by atoms with van der Waals surface area (Å²) < 4.78 is 5.45. The van der Waals surface area contributed by atoms with E-state index in [1.165, 1.54) is 0 Å². The van der Waals surface area contributed by atoms with Crippen LogP contribution in [-0.4, -0.2) is 21.0 Å². The number of nitrogens with one attached hydrogen (secondary N) is 1. The quantitative estimate of drug-likeness (QED) is 0.577. The van der Waals surface area contributed by atoms with Gasteiger partial charge in [-0.25, -0.2) is 9.97 Å². The van der Waals surface area contributed by atoms with Crippen LogP contribution in [0.4, 0.5) is 11.5 Å². The van der Waals surface area contributed by atoms with Gasteiger partial charge in [0.15, 0.2) is 11.6 Å². The normalized spacial score (nSPS) is 10.6. The Morgan fingerprint density at radius 2 is 2.04 bits per heavy atom. The molecule has 0 saturated heterocycles. The minimum Gasteiger partial charge on any atom is -0.481 e. The number of furan rings is 1. The molecule has 2 N–H and O–H groups in total. The minimum absolute atomic E-state index is 0.00186. The van der Waals surface area contributed by atoms with Gasteiger partial charge in [0.1, 0.15) is 5.82 Å². The van der Waals surface area contributed by atoms with E-state index in [0.717, 1.165) is 28.9 Å². The molecular formula is C21H21N3O3. The topological polar surface area (TPSA) is 88.3 Å². The summed E-state index contributed by atoms with van der Waals surface area (Å²) in [7, 11) is 0. The van der Waals surface area contributed by atoms with E-state index in [2.05, 4.69) is 21.9 Å². The Labute approximate surface area is 157 Å². The number of aryl methyl sites for hydroxylation is 1.